The number of aromatic hydroxyl groups is 1. The minimum atomic E-state index is -0.0642. The number of nitrogens with zero attached hydrogens (tertiary/aromatic N) is 5. The molecule has 7 rings (SSSR count). The van der Waals surface area contributed by atoms with Gasteiger partial charge in [0.05, 0.1) is 17.2 Å². The second kappa shape index (κ2) is 11.9. The van der Waals surface area contributed by atoms with Crippen LogP contribution in [0.4, 0.5) is 0 Å². The maximum Gasteiger partial charge on any atom is 0.147 e. The summed E-state index contributed by atoms with van der Waals surface area (Å²) in [5.74, 6) is 0.922. The van der Waals surface area contributed by atoms with E-state index in [1.807, 2.05) is 43.0 Å². The van der Waals surface area contributed by atoms with Gasteiger partial charge in [0, 0.05) is 63.7 Å². The number of phenols is 1. The van der Waals surface area contributed by atoms with Gasteiger partial charge in [-0.2, -0.15) is 0 Å². The zero-order valence-electron chi connectivity index (χ0n) is 30.5. The molecule has 0 radical (unpaired) electrons. The molecule has 3 aromatic carbocycles. The van der Waals surface area contributed by atoms with Crippen LogP contribution in [0.5, 0.6) is 5.75 Å². The fraction of sp³-hybridized carbons (Fsp3) is 0.273. The van der Waals surface area contributed by atoms with Gasteiger partial charge in [-0.25, -0.2) is 4.98 Å². The average molecular weight is 660 g/mol. The summed E-state index contributed by atoms with van der Waals surface area (Å²) in [7, 11) is 0. The highest BCUT2D eigenvalue weighted by Gasteiger charge is 2.23. The van der Waals surface area contributed by atoms with E-state index in [9.17, 15) is 5.11 Å². The highest BCUT2D eigenvalue weighted by atomic mass is 16.3. The van der Waals surface area contributed by atoms with Gasteiger partial charge in [-0.15, -0.1) is 0 Å². The van der Waals surface area contributed by atoms with Crippen LogP contribution in [0.2, 0.25) is 0 Å². The molecule has 0 atom stereocenters. The Morgan fingerprint density at radius 1 is 0.540 bits per heavy atom. The van der Waals surface area contributed by atoms with Crippen LogP contribution in [-0.2, 0) is 16.2 Å². The lowest BCUT2D eigenvalue weighted by Gasteiger charge is -2.23. The normalized spacial score (nSPS) is 12.6. The molecule has 4 aromatic heterocycles. The summed E-state index contributed by atoms with van der Waals surface area (Å²) < 4.78 is 2.15. The molecule has 0 fully saturated rings. The number of imidazole rings is 1. The average Bonchev–Trinajstić information content (AvgIpc) is 3.47. The molecule has 0 aliphatic rings. The summed E-state index contributed by atoms with van der Waals surface area (Å²) in [6.07, 6.45) is 9.43. The predicted octanol–water partition coefficient (Wildman–Crippen LogP) is 11.0. The quantitative estimate of drug-likeness (QED) is 0.203. The maximum atomic E-state index is 10.9. The van der Waals surface area contributed by atoms with Gasteiger partial charge in [-0.3, -0.25) is 19.5 Å². The van der Waals surface area contributed by atoms with E-state index in [0.717, 1.165) is 55.7 Å². The largest absolute Gasteiger partial charge is 0.507 e. The molecule has 0 aliphatic carbocycles. The smallest absolute Gasteiger partial charge is 0.147 e. The van der Waals surface area contributed by atoms with Crippen LogP contribution in [0.15, 0.2) is 104 Å². The number of pyridine rings is 3. The van der Waals surface area contributed by atoms with E-state index in [4.69, 9.17) is 15.0 Å². The number of hydrogen-bond donors (Lipinski definition) is 1. The molecule has 0 aliphatic heterocycles. The van der Waals surface area contributed by atoms with Crippen LogP contribution in [0.3, 0.4) is 0 Å². The van der Waals surface area contributed by atoms with E-state index >= 15 is 0 Å². The van der Waals surface area contributed by atoms with E-state index in [2.05, 4.69) is 120 Å². The van der Waals surface area contributed by atoms with Gasteiger partial charge in [-0.05, 0) is 75.4 Å². The van der Waals surface area contributed by atoms with Crippen molar-refractivity contribution >= 4 is 21.9 Å². The Morgan fingerprint density at radius 3 is 1.86 bits per heavy atom. The van der Waals surface area contributed by atoms with Crippen LogP contribution in [0, 0.1) is 0 Å². The van der Waals surface area contributed by atoms with Crippen LogP contribution in [0.1, 0.15) is 79.0 Å². The first kappa shape index (κ1) is 33.2. The van der Waals surface area contributed by atoms with Crippen molar-refractivity contribution in [3.8, 4) is 45.1 Å². The Kier molecular flexibility index (Phi) is 7.89. The molecule has 1 N–H and O–H groups in total. The van der Waals surface area contributed by atoms with Gasteiger partial charge in [0.25, 0.3) is 0 Å². The Labute approximate surface area is 294 Å². The minimum Gasteiger partial charge on any atom is -0.507 e. The van der Waals surface area contributed by atoms with Crippen molar-refractivity contribution in [2.75, 3.05) is 0 Å². The van der Waals surface area contributed by atoms with Crippen molar-refractivity contribution in [3.05, 3.63) is 120 Å². The molecular weight excluding hydrogens is 615 g/mol. The Hall–Kier alpha value is -5.36. The maximum absolute atomic E-state index is 10.9. The molecule has 0 spiro atoms. The molecule has 50 heavy (non-hydrogen) atoms. The molecule has 0 unspecified atom stereocenters. The number of hydrogen-bond acceptors (Lipinski definition) is 5. The molecular formula is C44H45N5O. The van der Waals surface area contributed by atoms with Crippen molar-refractivity contribution in [2.24, 2.45) is 0 Å². The number of rotatable bonds is 4. The second-order valence-corrected chi connectivity index (χ2v) is 16.4. The highest BCUT2D eigenvalue weighted by Crippen LogP contribution is 2.40. The van der Waals surface area contributed by atoms with Gasteiger partial charge in [-0.1, -0.05) is 92.6 Å². The first-order valence-electron chi connectivity index (χ1n) is 17.3. The van der Waals surface area contributed by atoms with Crippen LogP contribution in [-0.4, -0.2) is 29.6 Å². The van der Waals surface area contributed by atoms with Crippen LogP contribution >= 0.6 is 0 Å². The third-order valence-electron chi connectivity index (χ3n) is 9.58. The van der Waals surface area contributed by atoms with E-state index in [0.29, 0.717) is 5.56 Å². The van der Waals surface area contributed by atoms with Crippen LogP contribution in [0.25, 0.3) is 61.3 Å². The molecule has 0 bridgehead atoms. The Balaban J connectivity index is 1.48. The van der Waals surface area contributed by atoms with Crippen molar-refractivity contribution < 1.29 is 5.11 Å². The molecule has 6 heteroatoms. The van der Waals surface area contributed by atoms with Gasteiger partial charge >= 0.3 is 0 Å². The standard InChI is InChI=1S/C44H45N5O/c1-42(2,3)30-14-16-33(17-15-30)49-37-26-46-25-36(34-12-10-11-13-38(34)50)40(37)48-41(49)29-18-28(22-45-23-29)35-21-31(43(4,5)6)19-27-20-32(44(7,8)9)24-47-39(27)35/h10-26,50H,1-9H3. The summed E-state index contributed by atoms with van der Waals surface area (Å²) in [4.78, 5) is 19.8. The van der Waals surface area contributed by atoms with E-state index in [1.165, 1.54) is 16.7 Å². The third kappa shape index (κ3) is 6.04. The first-order chi connectivity index (χ1) is 23.6. The number of fused-ring (bicyclic) bond motifs is 2. The molecule has 0 amide bonds. The Morgan fingerprint density at radius 2 is 1.18 bits per heavy atom. The fourth-order valence-corrected chi connectivity index (χ4v) is 6.48. The van der Waals surface area contributed by atoms with Crippen molar-refractivity contribution in [2.45, 2.75) is 78.6 Å². The van der Waals surface area contributed by atoms with E-state index < -0.39 is 0 Å². The lowest BCUT2D eigenvalue weighted by atomic mass is 9.83. The number of benzene rings is 3. The molecule has 4 heterocycles. The zero-order chi connectivity index (χ0) is 35.6. The van der Waals surface area contributed by atoms with Crippen molar-refractivity contribution in [3.63, 3.8) is 0 Å². The topological polar surface area (TPSA) is 76.7 Å². The van der Waals surface area contributed by atoms with Gasteiger partial charge in [0.1, 0.15) is 17.1 Å². The predicted molar refractivity (Wildman–Crippen MR) is 206 cm³/mol. The van der Waals surface area contributed by atoms with Crippen molar-refractivity contribution in [1.82, 2.24) is 24.5 Å². The first-order valence-corrected chi connectivity index (χ1v) is 17.3. The number of phenolic OH excluding ortho intramolecular Hbond substituents is 1. The highest BCUT2D eigenvalue weighted by molar-refractivity contribution is 5.97. The number of para-hydroxylation sites is 1. The number of aromatic nitrogens is 5. The fourth-order valence-electron chi connectivity index (χ4n) is 6.48. The van der Waals surface area contributed by atoms with Crippen molar-refractivity contribution in [1.29, 1.82) is 0 Å². The van der Waals surface area contributed by atoms with Crippen LogP contribution < -0.4 is 0 Å². The summed E-state index contributed by atoms with van der Waals surface area (Å²) in [5.41, 5.74) is 11.4. The summed E-state index contributed by atoms with van der Waals surface area (Å²) >= 11 is 0. The molecule has 0 saturated carbocycles. The molecule has 252 valence electrons. The monoisotopic (exact) mass is 659 g/mol. The third-order valence-corrected chi connectivity index (χ3v) is 9.58. The lowest BCUT2D eigenvalue weighted by molar-refractivity contribution is 0.477. The molecule has 7 aromatic rings. The summed E-state index contributed by atoms with van der Waals surface area (Å²) in [6, 6.07) is 25.0. The lowest BCUT2D eigenvalue weighted by Crippen LogP contribution is -2.13. The minimum absolute atomic E-state index is 0.0161. The van der Waals surface area contributed by atoms with Gasteiger partial charge in [0.2, 0.25) is 0 Å². The summed E-state index contributed by atoms with van der Waals surface area (Å²) in [5, 5.41) is 12.0. The zero-order valence-corrected chi connectivity index (χ0v) is 30.5. The Bertz CT molecular complexity index is 2380. The molecule has 0 saturated heterocycles. The summed E-state index contributed by atoms with van der Waals surface area (Å²) in [6.45, 7) is 20.1. The van der Waals surface area contributed by atoms with Gasteiger partial charge < -0.3 is 5.11 Å². The SMILES string of the molecule is CC(C)(C)c1ccc(-n2c(-c3cncc(-c4cc(C(C)(C)C)cc5cc(C(C)(C)C)cnc45)c3)nc3c(-c4ccccc4O)cncc32)cc1. The van der Waals surface area contributed by atoms with Gasteiger partial charge in [0.15, 0.2) is 0 Å². The van der Waals surface area contributed by atoms with E-state index in [-0.39, 0.29) is 22.0 Å². The van der Waals surface area contributed by atoms with E-state index in [1.54, 1.807) is 12.3 Å². The molecule has 6 nitrogen and oxygen atoms in total. The second-order valence-electron chi connectivity index (χ2n) is 16.4.